The predicted molar refractivity (Wildman–Crippen MR) is 91.6 cm³/mol. The molecule has 110 valence electrons. The highest BCUT2D eigenvalue weighted by Gasteiger charge is 2.09. The summed E-state index contributed by atoms with van der Waals surface area (Å²) in [6.07, 6.45) is 1.46. The molecule has 1 heterocycles. The normalized spacial score (nSPS) is 10.6. The highest BCUT2D eigenvalue weighted by Crippen LogP contribution is 2.31. The van der Waals surface area contributed by atoms with Crippen molar-refractivity contribution >= 4 is 60.2 Å². The van der Waals surface area contributed by atoms with Crippen molar-refractivity contribution in [1.82, 2.24) is 9.97 Å². The molecule has 0 unspecified atom stereocenters. The van der Waals surface area contributed by atoms with Gasteiger partial charge >= 0.3 is 5.97 Å². The van der Waals surface area contributed by atoms with Crippen LogP contribution in [0.15, 0.2) is 51.7 Å². The summed E-state index contributed by atoms with van der Waals surface area (Å²) < 4.78 is 1.74. The maximum Gasteiger partial charge on any atom is 0.335 e. The van der Waals surface area contributed by atoms with Crippen molar-refractivity contribution in [3.63, 3.8) is 0 Å². The molecule has 3 aromatic rings. The zero-order chi connectivity index (χ0) is 15.7. The molecule has 2 aromatic carbocycles. The first-order valence-corrected chi connectivity index (χ1v) is 7.83. The second-order valence-corrected chi connectivity index (χ2v) is 6.29. The van der Waals surface area contributed by atoms with E-state index in [0.29, 0.717) is 11.5 Å². The summed E-state index contributed by atoms with van der Waals surface area (Å²) in [7, 11) is 0. The monoisotopic (exact) mass is 421 g/mol. The minimum Gasteiger partial charge on any atom is -0.478 e. The molecule has 0 spiro atoms. The summed E-state index contributed by atoms with van der Waals surface area (Å²) >= 11 is 6.91. The van der Waals surface area contributed by atoms with Crippen LogP contribution in [0.25, 0.3) is 10.9 Å². The lowest BCUT2D eigenvalue weighted by atomic mass is 10.2. The van der Waals surface area contributed by atoms with E-state index >= 15 is 0 Å². The van der Waals surface area contributed by atoms with E-state index in [9.17, 15) is 4.79 Å². The standard InChI is InChI=1S/C15H9Br2N3O2/c16-9-5-11-13(12(17)6-9)18-7-19-14(11)20-10-3-1-2-8(4-10)15(21)22/h1-7H,(H,21,22)(H,18,19,20). The molecule has 0 radical (unpaired) electrons. The van der Waals surface area contributed by atoms with Crippen molar-refractivity contribution in [2.45, 2.75) is 0 Å². The van der Waals surface area contributed by atoms with Gasteiger partial charge in [0.2, 0.25) is 0 Å². The van der Waals surface area contributed by atoms with Crippen molar-refractivity contribution in [2.24, 2.45) is 0 Å². The fraction of sp³-hybridized carbons (Fsp3) is 0. The molecule has 0 aliphatic heterocycles. The minimum absolute atomic E-state index is 0.214. The number of carboxylic acids is 1. The van der Waals surface area contributed by atoms with Gasteiger partial charge in [0, 0.05) is 20.0 Å². The van der Waals surface area contributed by atoms with Crippen molar-refractivity contribution in [2.75, 3.05) is 5.32 Å². The topological polar surface area (TPSA) is 75.1 Å². The van der Waals surface area contributed by atoms with Crippen LogP contribution in [0.2, 0.25) is 0 Å². The number of aromatic nitrogens is 2. The lowest BCUT2D eigenvalue weighted by Gasteiger charge is -2.10. The van der Waals surface area contributed by atoms with Gasteiger partial charge in [0.1, 0.15) is 12.1 Å². The van der Waals surface area contributed by atoms with Crippen LogP contribution in [0.4, 0.5) is 11.5 Å². The Balaban J connectivity index is 2.08. The Kier molecular flexibility index (Phi) is 4.08. The number of carbonyl (C=O) groups is 1. The van der Waals surface area contributed by atoms with Gasteiger partial charge in [-0.3, -0.25) is 0 Å². The minimum atomic E-state index is -0.971. The van der Waals surface area contributed by atoms with E-state index in [0.717, 1.165) is 19.8 Å². The zero-order valence-corrected chi connectivity index (χ0v) is 14.2. The predicted octanol–water partition coefficient (Wildman–Crippen LogP) is 4.60. The fourth-order valence-corrected chi connectivity index (χ4v) is 3.39. The Bertz CT molecular complexity index is 884. The second-order valence-electron chi connectivity index (χ2n) is 4.52. The summed E-state index contributed by atoms with van der Waals surface area (Å²) in [6.45, 7) is 0. The molecule has 0 aliphatic carbocycles. The smallest absolute Gasteiger partial charge is 0.335 e. The van der Waals surface area contributed by atoms with Gasteiger partial charge < -0.3 is 10.4 Å². The molecule has 22 heavy (non-hydrogen) atoms. The van der Waals surface area contributed by atoms with Gasteiger partial charge in [-0.1, -0.05) is 22.0 Å². The lowest BCUT2D eigenvalue weighted by molar-refractivity contribution is 0.0697. The number of carboxylic acid groups (broad SMARTS) is 1. The largest absolute Gasteiger partial charge is 0.478 e. The van der Waals surface area contributed by atoms with E-state index in [1.54, 1.807) is 24.3 Å². The third-order valence-electron chi connectivity index (χ3n) is 3.03. The quantitative estimate of drug-likeness (QED) is 0.645. The average molecular weight is 423 g/mol. The van der Waals surface area contributed by atoms with Crippen LogP contribution in [0.3, 0.4) is 0 Å². The van der Waals surface area contributed by atoms with Gasteiger partial charge in [-0.2, -0.15) is 0 Å². The third kappa shape index (κ3) is 2.95. The molecule has 0 saturated heterocycles. The van der Waals surface area contributed by atoms with E-state index in [1.807, 2.05) is 12.1 Å². The molecule has 0 aliphatic rings. The van der Waals surface area contributed by atoms with Gasteiger partial charge in [-0.25, -0.2) is 14.8 Å². The molecule has 0 bridgehead atoms. The number of benzene rings is 2. The van der Waals surface area contributed by atoms with Crippen LogP contribution in [0.5, 0.6) is 0 Å². The summed E-state index contributed by atoms with van der Waals surface area (Å²) in [4.78, 5) is 19.5. The summed E-state index contributed by atoms with van der Waals surface area (Å²) in [6, 6.07) is 10.4. The highest BCUT2D eigenvalue weighted by atomic mass is 79.9. The lowest BCUT2D eigenvalue weighted by Crippen LogP contribution is -2.00. The Morgan fingerprint density at radius 2 is 1.95 bits per heavy atom. The number of nitrogens with one attached hydrogen (secondary N) is 1. The maximum atomic E-state index is 11.0. The van der Waals surface area contributed by atoms with Crippen LogP contribution in [0, 0.1) is 0 Å². The maximum absolute atomic E-state index is 11.0. The van der Waals surface area contributed by atoms with Crippen molar-refractivity contribution in [1.29, 1.82) is 0 Å². The molecule has 1 aromatic heterocycles. The van der Waals surface area contributed by atoms with Crippen LogP contribution < -0.4 is 5.32 Å². The fourth-order valence-electron chi connectivity index (χ4n) is 2.06. The Morgan fingerprint density at radius 1 is 1.14 bits per heavy atom. The molecule has 3 rings (SSSR count). The number of hydrogen-bond acceptors (Lipinski definition) is 4. The molecule has 0 saturated carbocycles. The Hall–Kier alpha value is -1.99. The molecular formula is C15H9Br2N3O2. The van der Waals surface area contributed by atoms with Crippen LogP contribution in [-0.4, -0.2) is 21.0 Å². The number of hydrogen-bond donors (Lipinski definition) is 2. The first-order chi connectivity index (χ1) is 10.5. The number of aromatic carboxylic acids is 1. The van der Waals surface area contributed by atoms with Crippen LogP contribution in [0.1, 0.15) is 10.4 Å². The molecule has 5 nitrogen and oxygen atoms in total. The van der Waals surface area contributed by atoms with Gasteiger partial charge in [-0.15, -0.1) is 0 Å². The van der Waals surface area contributed by atoms with Crippen molar-refractivity contribution in [3.05, 3.63) is 57.2 Å². The Labute approximate surface area is 142 Å². The van der Waals surface area contributed by atoms with Crippen LogP contribution >= 0.6 is 31.9 Å². The average Bonchev–Trinajstić information content (AvgIpc) is 2.48. The molecular weight excluding hydrogens is 414 g/mol. The van der Waals surface area contributed by atoms with E-state index < -0.39 is 5.97 Å². The first-order valence-electron chi connectivity index (χ1n) is 6.25. The van der Waals surface area contributed by atoms with Gasteiger partial charge in [0.15, 0.2) is 0 Å². The molecule has 0 atom stereocenters. The van der Waals surface area contributed by atoms with Gasteiger partial charge in [0.05, 0.1) is 11.1 Å². The highest BCUT2D eigenvalue weighted by molar-refractivity contribution is 9.11. The number of nitrogens with zero attached hydrogens (tertiary/aromatic N) is 2. The second kappa shape index (κ2) is 6.02. The number of halogens is 2. The summed E-state index contributed by atoms with van der Waals surface area (Å²) in [5.74, 6) is -0.365. The first kappa shape index (κ1) is 14.9. The Morgan fingerprint density at radius 3 is 2.73 bits per heavy atom. The van der Waals surface area contributed by atoms with Crippen molar-refractivity contribution in [3.8, 4) is 0 Å². The van der Waals surface area contributed by atoms with E-state index in [1.165, 1.54) is 6.33 Å². The van der Waals surface area contributed by atoms with Gasteiger partial charge in [0.25, 0.3) is 0 Å². The van der Waals surface area contributed by atoms with Crippen LogP contribution in [-0.2, 0) is 0 Å². The van der Waals surface area contributed by atoms with E-state index in [2.05, 4.69) is 47.1 Å². The zero-order valence-electron chi connectivity index (χ0n) is 11.0. The molecule has 0 amide bonds. The summed E-state index contributed by atoms with van der Waals surface area (Å²) in [5, 5.41) is 13.0. The van der Waals surface area contributed by atoms with E-state index in [-0.39, 0.29) is 5.56 Å². The van der Waals surface area contributed by atoms with Gasteiger partial charge in [-0.05, 0) is 46.3 Å². The SMILES string of the molecule is O=C(O)c1cccc(Nc2ncnc3c(Br)cc(Br)cc23)c1. The number of fused-ring (bicyclic) bond motifs is 1. The number of rotatable bonds is 3. The molecule has 0 fully saturated rings. The number of anilines is 2. The van der Waals surface area contributed by atoms with E-state index in [4.69, 9.17) is 5.11 Å². The molecule has 7 heteroatoms. The third-order valence-corrected chi connectivity index (χ3v) is 4.09. The molecule has 2 N–H and O–H groups in total. The van der Waals surface area contributed by atoms with Crippen molar-refractivity contribution < 1.29 is 9.90 Å². The summed E-state index contributed by atoms with van der Waals surface area (Å²) in [5.41, 5.74) is 1.64.